The van der Waals surface area contributed by atoms with Crippen molar-refractivity contribution in [1.82, 2.24) is 4.98 Å². The molecular weight excluding hydrogens is 170 g/mol. The molecule has 0 unspecified atom stereocenters. The van der Waals surface area contributed by atoms with Crippen LogP contribution in [0.4, 0.5) is 0 Å². The second kappa shape index (κ2) is 4.37. The Morgan fingerprint density at radius 1 is 1.54 bits per heavy atom. The largest absolute Gasteiger partial charge is 0.478 e. The predicted octanol–water partition coefficient (Wildman–Crippen LogP) is 0.672. The van der Waals surface area contributed by atoms with Gasteiger partial charge in [-0.05, 0) is 18.2 Å². The Labute approximate surface area is 75.2 Å². The van der Waals surface area contributed by atoms with Crippen LogP contribution in [0, 0.1) is 0 Å². The number of hydrogen-bond acceptors (Lipinski definition) is 3. The molecule has 13 heavy (non-hydrogen) atoms. The molecule has 0 aliphatic heterocycles. The normalized spacial score (nSPS) is 10.5. The summed E-state index contributed by atoms with van der Waals surface area (Å²) in [5.41, 5.74) is 1.04. The van der Waals surface area contributed by atoms with E-state index in [4.69, 9.17) is 10.2 Å². The van der Waals surface area contributed by atoms with Crippen molar-refractivity contribution < 1.29 is 15.0 Å². The molecule has 1 aromatic heterocycles. The van der Waals surface area contributed by atoms with E-state index in [-0.39, 0.29) is 6.61 Å². The van der Waals surface area contributed by atoms with E-state index in [0.29, 0.717) is 11.4 Å². The first kappa shape index (κ1) is 9.41. The van der Waals surface area contributed by atoms with E-state index in [1.165, 1.54) is 6.08 Å². The highest BCUT2D eigenvalue weighted by Gasteiger charge is 1.93. The number of nitrogens with zero attached hydrogens (tertiary/aromatic N) is 1. The lowest BCUT2D eigenvalue weighted by molar-refractivity contribution is -0.131. The van der Waals surface area contributed by atoms with Gasteiger partial charge in [-0.25, -0.2) is 4.79 Å². The van der Waals surface area contributed by atoms with Crippen molar-refractivity contribution in [3.8, 4) is 0 Å². The Hall–Kier alpha value is -1.68. The van der Waals surface area contributed by atoms with Crippen molar-refractivity contribution in [3.05, 3.63) is 35.7 Å². The van der Waals surface area contributed by atoms with Gasteiger partial charge < -0.3 is 10.2 Å². The van der Waals surface area contributed by atoms with Gasteiger partial charge >= 0.3 is 5.97 Å². The molecular formula is C9H9NO3. The molecule has 0 aliphatic rings. The van der Waals surface area contributed by atoms with Crippen LogP contribution in [-0.4, -0.2) is 21.2 Å². The maximum absolute atomic E-state index is 10.2. The maximum Gasteiger partial charge on any atom is 0.328 e. The van der Waals surface area contributed by atoms with E-state index in [9.17, 15) is 4.79 Å². The minimum absolute atomic E-state index is 0.144. The Balaban J connectivity index is 2.83. The van der Waals surface area contributed by atoms with Gasteiger partial charge in [-0.3, -0.25) is 4.98 Å². The van der Waals surface area contributed by atoms with Crippen molar-refractivity contribution in [1.29, 1.82) is 0 Å². The third-order valence-corrected chi connectivity index (χ3v) is 1.39. The SMILES string of the molecule is O=C(O)/C=C/c1cccc(CO)n1. The molecule has 1 heterocycles. The van der Waals surface area contributed by atoms with Gasteiger partial charge in [0.1, 0.15) is 0 Å². The van der Waals surface area contributed by atoms with E-state index < -0.39 is 5.97 Å². The Morgan fingerprint density at radius 3 is 2.92 bits per heavy atom. The molecule has 1 rings (SSSR count). The maximum atomic E-state index is 10.2. The third-order valence-electron chi connectivity index (χ3n) is 1.39. The number of carboxylic acid groups (broad SMARTS) is 1. The van der Waals surface area contributed by atoms with E-state index >= 15 is 0 Å². The van der Waals surface area contributed by atoms with Crippen LogP contribution < -0.4 is 0 Å². The average Bonchev–Trinajstić information content (AvgIpc) is 2.15. The van der Waals surface area contributed by atoms with E-state index in [2.05, 4.69) is 4.98 Å². The molecule has 0 bridgehead atoms. The molecule has 0 aromatic carbocycles. The zero-order valence-corrected chi connectivity index (χ0v) is 6.84. The van der Waals surface area contributed by atoms with Crippen LogP contribution in [0.15, 0.2) is 24.3 Å². The summed E-state index contributed by atoms with van der Waals surface area (Å²) in [5.74, 6) is -1.02. The lowest BCUT2D eigenvalue weighted by Gasteiger charge is -1.95. The molecule has 0 saturated carbocycles. The van der Waals surface area contributed by atoms with E-state index in [0.717, 1.165) is 6.08 Å². The first-order valence-corrected chi connectivity index (χ1v) is 3.70. The summed E-state index contributed by atoms with van der Waals surface area (Å²) in [6.07, 6.45) is 2.38. The van der Waals surface area contributed by atoms with Crippen LogP contribution in [0.25, 0.3) is 6.08 Å². The van der Waals surface area contributed by atoms with Crippen LogP contribution in [0.1, 0.15) is 11.4 Å². The molecule has 0 saturated heterocycles. The smallest absolute Gasteiger partial charge is 0.328 e. The first-order chi connectivity index (χ1) is 6.22. The number of carbonyl (C=O) groups is 1. The monoisotopic (exact) mass is 179 g/mol. The van der Waals surface area contributed by atoms with Gasteiger partial charge in [0.15, 0.2) is 0 Å². The summed E-state index contributed by atoms with van der Waals surface area (Å²) < 4.78 is 0. The highest BCUT2D eigenvalue weighted by molar-refractivity contribution is 5.84. The number of carboxylic acids is 1. The van der Waals surface area contributed by atoms with Crippen molar-refractivity contribution in [3.63, 3.8) is 0 Å². The van der Waals surface area contributed by atoms with Gasteiger partial charge in [0.2, 0.25) is 0 Å². The summed E-state index contributed by atoms with van der Waals surface area (Å²) in [5, 5.41) is 17.1. The third kappa shape index (κ3) is 3.04. The standard InChI is InChI=1S/C9H9NO3/c11-6-8-3-1-2-7(10-8)4-5-9(12)13/h1-5,11H,6H2,(H,12,13)/b5-4+. The fraction of sp³-hybridized carbons (Fsp3) is 0.111. The Kier molecular flexibility index (Phi) is 3.16. The number of aliphatic hydroxyl groups is 1. The summed E-state index contributed by atoms with van der Waals surface area (Å²) in [6, 6.07) is 5.04. The molecule has 0 aliphatic carbocycles. The molecule has 4 nitrogen and oxygen atoms in total. The van der Waals surface area contributed by atoms with Crippen LogP contribution in [0.2, 0.25) is 0 Å². The summed E-state index contributed by atoms with van der Waals surface area (Å²) in [6.45, 7) is -0.144. The average molecular weight is 179 g/mol. The van der Waals surface area contributed by atoms with Gasteiger partial charge in [-0.1, -0.05) is 6.07 Å². The number of aromatic nitrogens is 1. The first-order valence-electron chi connectivity index (χ1n) is 3.70. The highest BCUT2D eigenvalue weighted by atomic mass is 16.4. The lowest BCUT2D eigenvalue weighted by atomic mass is 10.3. The summed E-state index contributed by atoms with van der Waals surface area (Å²) in [4.78, 5) is 14.1. The second-order valence-corrected chi connectivity index (χ2v) is 2.38. The molecule has 4 heteroatoms. The van der Waals surface area contributed by atoms with E-state index in [1.807, 2.05) is 0 Å². The fourth-order valence-corrected chi connectivity index (χ4v) is 0.836. The molecule has 0 fully saturated rings. The summed E-state index contributed by atoms with van der Waals surface area (Å²) in [7, 11) is 0. The van der Waals surface area contributed by atoms with Gasteiger partial charge in [-0.15, -0.1) is 0 Å². The van der Waals surface area contributed by atoms with Gasteiger partial charge in [0.05, 0.1) is 18.0 Å². The highest BCUT2D eigenvalue weighted by Crippen LogP contribution is 2.01. The van der Waals surface area contributed by atoms with Gasteiger partial charge in [0.25, 0.3) is 0 Å². The molecule has 1 aromatic rings. The van der Waals surface area contributed by atoms with Crippen molar-refractivity contribution in [2.24, 2.45) is 0 Å². The summed E-state index contributed by atoms with van der Waals surface area (Å²) >= 11 is 0. The van der Waals surface area contributed by atoms with E-state index in [1.54, 1.807) is 18.2 Å². The fourth-order valence-electron chi connectivity index (χ4n) is 0.836. The number of aliphatic hydroxyl groups excluding tert-OH is 1. The topological polar surface area (TPSA) is 70.4 Å². The predicted molar refractivity (Wildman–Crippen MR) is 46.8 cm³/mol. The minimum Gasteiger partial charge on any atom is -0.478 e. The minimum atomic E-state index is -1.02. The van der Waals surface area contributed by atoms with Crippen molar-refractivity contribution >= 4 is 12.0 Å². The molecule has 0 radical (unpaired) electrons. The molecule has 2 N–H and O–H groups in total. The quantitative estimate of drug-likeness (QED) is 0.669. The van der Waals surface area contributed by atoms with Gasteiger partial charge in [0, 0.05) is 6.08 Å². The Bertz CT molecular complexity index is 333. The second-order valence-electron chi connectivity index (χ2n) is 2.38. The van der Waals surface area contributed by atoms with Crippen molar-refractivity contribution in [2.45, 2.75) is 6.61 Å². The van der Waals surface area contributed by atoms with Crippen LogP contribution in [-0.2, 0) is 11.4 Å². The zero-order valence-electron chi connectivity index (χ0n) is 6.84. The number of hydrogen-bond donors (Lipinski definition) is 2. The molecule has 68 valence electrons. The number of rotatable bonds is 3. The van der Waals surface area contributed by atoms with Crippen molar-refractivity contribution in [2.75, 3.05) is 0 Å². The zero-order chi connectivity index (χ0) is 9.68. The van der Waals surface area contributed by atoms with Crippen LogP contribution in [0.5, 0.6) is 0 Å². The number of aliphatic carboxylic acids is 1. The molecule has 0 atom stereocenters. The van der Waals surface area contributed by atoms with Gasteiger partial charge in [-0.2, -0.15) is 0 Å². The molecule has 0 amide bonds. The Morgan fingerprint density at radius 2 is 2.31 bits per heavy atom. The molecule has 0 spiro atoms. The van der Waals surface area contributed by atoms with Crippen LogP contribution in [0.3, 0.4) is 0 Å². The lowest BCUT2D eigenvalue weighted by Crippen LogP contribution is -1.91. The van der Waals surface area contributed by atoms with Crippen LogP contribution >= 0.6 is 0 Å². The number of pyridine rings is 1.